The van der Waals surface area contributed by atoms with Crippen molar-refractivity contribution >= 4 is 46.0 Å². The number of hydrogen-bond donors (Lipinski definition) is 2. The van der Waals surface area contributed by atoms with Crippen molar-refractivity contribution in [3.8, 4) is 11.3 Å². The smallest absolute Gasteiger partial charge is 0.333 e. The van der Waals surface area contributed by atoms with Gasteiger partial charge in [0.15, 0.2) is 0 Å². The molecule has 2 N–H and O–H groups in total. The van der Waals surface area contributed by atoms with Gasteiger partial charge in [0.25, 0.3) is 5.91 Å². The highest BCUT2D eigenvalue weighted by Crippen LogP contribution is 2.43. The first-order valence-electron chi connectivity index (χ1n) is 9.19. The first kappa shape index (κ1) is 18.8. The normalized spacial score (nSPS) is 14.5. The van der Waals surface area contributed by atoms with Crippen LogP contribution in [0.4, 0.5) is 16.2 Å². The molecule has 0 saturated heterocycles. The maximum Gasteiger partial charge on any atom is 0.333 e. The lowest BCUT2D eigenvalue weighted by atomic mass is 10.0. The molecule has 0 bridgehead atoms. The van der Waals surface area contributed by atoms with Crippen LogP contribution in [-0.4, -0.2) is 27.0 Å². The molecule has 1 aromatic carbocycles. The monoisotopic (exact) mass is 430 g/mol. The molecule has 0 radical (unpaired) electrons. The molecule has 152 valence electrons. The maximum atomic E-state index is 13.3. The number of aliphatic hydroxyl groups is 1. The van der Waals surface area contributed by atoms with Gasteiger partial charge in [0.2, 0.25) is 0 Å². The molecule has 0 spiro atoms. The Balaban J connectivity index is 1.63. The van der Waals surface area contributed by atoms with Crippen molar-refractivity contribution in [3.63, 3.8) is 0 Å². The Morgan fingerprint density at radius 3 is 2.68 bits per heavy atom. The Bertz CT molecular complexity index is 1300. The average Bonchev–Trinajstić information content (AvgIpc) is 3.53. The van der Waals surface area contributed by atoms with E-state index in [1.807, 2.05) is 0 Å². The van der Waals surface area contributed by atoms with Crippen molar-refractivity contribution in [1.82, 2.24) is 9.97 Å². The molecule has 0 atom stereocenters. The SMILES string of the molecule is O=C(Nc1cncnc1)N1C(=O)/C(=C(/O)c2cccs2)c2cc(-c3ccco3)ccc21. The molecular formula is C22H14N4O4S. The first-order valence-corrected chi connectivity index (χ1v) is 10.1. The quantitative estimate of drug-likeness (QED) is 0.357. The van der Waals surface area contributed by atoms with Gasteiger partial charge in [0.05, 0.1) is 40.5 Å². The number of nitrogens with zero attached hydrogens (tertiary/aromatic N) is 3. The molecule has 3 aromatic heterocycles. The summed E-state index contributed by atoms with van der Waals surface area (Å²) in [7, 11) is 0. The van der Waals surface area contributed by atoms with Crippen molar-refractivity contribution in [3.05, 3.63) is 83.3 Å². The number of carbonyl (C=O) groups is 2. The number of benzene rings is 1. The van der Waals surface area contributed by atoms with Crippen LogP contribution in [0.1, 0.15) is 10.4 Å². The number of aliphatic hydroxyl groups excluding tert-OH is 1. The fourth-order valence-corrected chi connectivity index (χ4v) is 4.05. The minimum Gasteiger partial charge on any atom is -0.506 e. The van der Waals surface area contributed by atoms with Crippen LogP contribution in [0, 0.1) is 0 Å². The summed E-state index contributed by atoms with van der Waals surface area (Å²) >= 11 is 1.29. The number of hydrogen-bond acceptors (Lipinski definition) is 7. The van der Waals surface area contributed by atoms with E-state index in [0.29, 0.717) is 33.1 Å². The van der Waals surface area contributed by atoms with Gasteiger partial charge in [-0.2, -0.15) is 0 Å². The zero-order chi connectivity index (χ0) is 21.4. The fourth-order valence-electron chi connectivity index (χ4n) is 3.37. The van der Waals surface area contributed by atoms with E-state index >= 15 is 0 Å². The third-order valence-electron chi connectivity index (χ3n) is 4.74. The molecule has 1 aliphatic rings. The number of thiophene rings is 1. The number of urea groups is 1. The lowest BCUT2D eigenvalue weighted by Crippen LogP contribution is -2.37. The third kappa shape index (κ3) is 3.26. The summed E-state index contributed by atoms with van der Waals surface area (Å²) in [6.07, 6.45) is 5.73. The van der Waals surface area contributed by atoms with Crippen LogP contribution in [0.15, 0.2) is 77.2 Å². The van der Waals surface area contributed by atoms with Crippen LogP contribution in [0.5, 0.6) is 0 Å². The fraction of sp³-hybridized carbons (Fsp3) is 0. The summed E-state index contributed by atoms with van der Waals surface area (Å²) in [6, 6.07) is 11.5. The maximum absolute atomic E-state index is 13.3. The van der Waals surface area contributed by atoms with E-state index in [4.69, 9.17) is 4.42 Å². The molecule has 0 unspecified atom stereocenters. The molecular weight excluding hydrogens is 416 g/mol. The molecule has 1 aliphatic heterocycles. The summed E-state index contributed by atoms with van der Waals surface area (Å²) in [4.78, 5) is 35.5. The highest BCUT2D eigenvalue weighted by molar-refractivity contribution is 7.11. The Kier molecular flexibility index (Phi) is 4.57. The van der Waals surface area contributed by atoms with E-state index in [-0.39, 0.29) is 11.3 Å². The van der Waals surface area contributed by atoms with E-state index in [1.165, 1.54) is 30.1 Å². The van der Waals surface area contributed by atoms with Crippen molar-refractivity contribution in [1.29, 1.82) is 0 Å². The standard InChI is InChI=1S/C22H14N4O4S/c27-20(18-4-2-8-31-18)19-15-9-13(17-3-1-7-30-17)5-6-16(15)26(21(19)28)22(29)25-14-10-23-12-24-11-14/h1-12,27H,(H,25,29)/b20-19+. The van der Waals surface area contributed by atoms with E-state index in [9.17, 15) is 14.7 Å². The van der Waals surface area contributed by atoms with Gasteiger partial charge in [-0.1, -0.05) is 6.07 Å². The lowest BCUT2D eigenvalue weighted by Gasteiger charge is -2.16. The number of aromatic nitrogens is 2. The van der Waals surface area contributed by atoms with Gasteiger partial charge in [-0.05, 0) is 41.8 Å². The number of anilines is 2. The molecule has 0 saturated carbocycles. The molecule has 0 aliphatic carbocycles. The summed E-state index contributed by atoms with van der Waals surface area (Å²) in [5, 5.41) is 15.3. The molecule has 4 heterocycles. The average molecular weight is 430 g/mol. The van der Waals surface area contributed by atoms with Gasteiger partial charge < -0.3 is 14.8 Å². The summed E-state index contributed by atoms with van der Waals surface area (Å²) in [5.41, 5.74) is 1.89. The molecule has 3 amide bonds. The Hall–Kier alpha value is -4.24. The second kappa shape index (κ2) is 7.54. The molecule has 4 aromatic rings. The number of rotatable bonds is 3. The Morgan fingerprint density at radius 2 is 1.97 bits per heavy atom. The predicted octanol–water partition coefficient (Wildman–Crippen LogP) is 4.80. The van der Waals surface area contributed by atoms with E-state index < -0.39 is 11.9 Å². The van der Waals surface area contributed by atoms with Crippen molar-refractivity contribution in [2.75, 3.05) is 10.2 Å². The summed E-state index contributed by atoms with van der Waals surface area (Å²) in [6.45, 7) is 0. The largest absolute Gasteiger partial charge is 0.506 e. The Labute approximate surface area is 180 Å². The van der Waals surface area contributed by atoms with Gasteiger partial charge in [-0.15, -0.1) is 11.3 Å². The minimum atomic E-state index is -0.680. The van der Waals surface area contributed by atoms with Gasteiger partial charge in [0, 0.05) is 11.1 Å². The summed E-state index contributed by atoms with van der Waals surface area (Å²) < 4.78 is 5.46. The van der Waals surface area contributed by atoms with E-state index in [2.05, 4.69) is 15.3 Å². The first-order chi connectivity index (χ1) is 15.1. The number of imide groups is 1. The van der Waals surface area contributed by atoms with Crippen LogP contribution in [0.25, 0.3) is 22.7 Å². The number of carbonyl (C=O) groups excluding carboxylic acids is 2. The molecule has 31 heavy (non-hydrogen) atoms. The minimum absolute atomic E-state index is 0.0466. The van der Waals surface area contributed by atoms with Gasteiger partial charge in [-0.25, -0.2) is 19.7 Å². The third-order valence-corrected chi connectivity index (χ3v) is 5.61. The number of fused-ring (bicyclic) bond motifs is 1. The lowest BCUT2D eigenvalue weighted by molar-refractivity contribution is -0.112. The van der Waals surface area contributed by atoms with Crippen molar-refractivity contribution in [2.45, 2.75) is 0 Å². The van der Waals surface area contributed by atoms with Crippen LogP contribution in [-0.2, 0) is 4.79 Å². The van der Waals surface area contributed by atoms with Crippen molar-refractivity contribution < 1.29 is 19.1 Å². The highest BCUT2D eigenvalue weighted by Gasteiger charge is 2.39. The molecule has 5 rings (SSSR count). The zero-order valence-electron chi connectivity index (χ0n) is 15.9. The topological polar surface area (TPSA) is 109 Å². The van der Waals surface area contributed by atoms with E-state index in [0.717, 1.165) is 4.90 Å². The second-order valence-electron chi connectivity index (χ2n) is 6.61. The highest BCUT2D eigenvalue weighted by atomic mass is 32.1. The number of nitrogens with one attached hydrogen (secondary N) is 1. The zero-order valence-corrected chi connectivity index (χ0v) is 16.7. The molecule has 8 nitrogen and oxygen atoms in total. The number of furan rings is 1. The van der Waals surface area contributed by atoms with Crippen molar-refractivity contribution in [2.24, 2.45) is 0 Å². The predicted molar refractivity (Wildman–Crippen MR) is 116 cm³/mol. The molecule has 9 heteroatoms. The molecule has 0 fully saturated rings. The van der Waals surface area contributed by atoms with Gasteiger partial charge >= 0.3 is 6.03 Å². The van der Waals surface area contributed by atoms with Crippen LogP contribution < -0.4 is 10.2 Å². The van der Waals surface area contributed by atoms with Gasteiger partial charge in [0.1, 0.15) is 17.8 Å². The second-order valence-corrected chi connectivity index (χ2v) is 7.56. The van der Waals surface area contributed by atoms with Crippen LogP contribution in [0.3, 0.4) is 0 Å². The van der Waals surface area contributed by atoms with Gasteiger partial charge in [-0.3, -0.25) is 4.79 Å². The van der Waals surface area contributed by atoms with Crippen LogP contribution >= 0.6 is 11.3 Å². The van der Waals surface area contributed by atoms with Crippen LogP contribution in [0.2, 0.25) is 0 Å². The number of amides is 3. The van der Waals surface area contributed by atoms with E-state index in [1.54, 1.807) is 54.1 Å². The summed E-state index contributed by atoms with van der Waals surface area (Å²) in [5.74, 6) is -0.211. The Morgan fingerprint density at radius 1 is 1.13 bits per heavy atom.